The van der Waals surface area contributed by atoms with Crippen LogP contribution in [0.3, 0.4) is 0 Å². The van der Waals surface area contributed by atoms with E-state index in [1.165, 1.54) is 12.1 Å². The highest BCUT2D eigenvalue weighted by Crippen LogP contribution is 2.22. The van der Waals surface area contributed by atoms with Gasteiger partial charge in [-0.1, -0.05) is 24.3 Å². The Morgan fingerprint density at radius 3 is 2.42 bits per heavy atom. The van der Waals surface area contributed by atoms with Crippen molar-refractivity contribution in [2.24, 2.45) is 0 Å². The van der Waals surface area contributed by atoms with Crippen LogP contribution in [-0.4, -0.2) is 22.2 Å². The van der Waals surface area contributed by atoms with Gasteiger partial charge in [-0.2, -0.15) is 0 Å². The van der Waals surface area contributed by atoms with Crippen LogP contribution < -0.4 is 4.74 Å². The minimum absolute atomic E-state index is 0.0733. The Labute approximate surface area is 144 Å². The van der Waals surface area contributed by atoms with E-state index in [2.05, 4.69) is 0 Å². The number of ether oxygens (including phenoxy) is 2. The largest absolute Gasteiger partial charge is 0.489 e. The molecule has 5 heteroatoms. The van der Waals surface area contributed by atoms with Gasteiger partial charge in [0.05, 0.1) is 11.4 Å². The summed E-state index contributed by atoms with van der Waals surface area (Å²) in [6, 6.07) is 13.9. The maximum Gasteiger partial charge on any atom is 0.123 e. The first-order chi connectivity index (χ1) is 11.6. The number of benzene rings is 2. The molecule has 2 aromatic carbocycles. The summed E-state index contributed by atoms with van der Waals surface area (Å²) in [7, 11) is -0.920. The fourth-order valence-electron chi connectivity index (χ4n) is 2.76. The van der Waals surface area contributed by atoms with E-state index in [0.717, 1.165) is 23.3 Å². The van der Waals surface area contributed by atoms with E-state index in [0.29, 0.717) is 19.0 Å². The van der Waals surface area contributed by atoms with Gasteiger partial charge in [0.25, 0.3) is 0 Å². The third-order valence-electron chi connectivity index (χ3n) is 4.20. The maximum absolute atomic E-state index is 12.9. The van der Waals surface area contributed by atoms with Crippen molar-refractivity contribution in [1.29, 1.82) is 0 Å². The van der Waals surface area contributed by atoms with Gasteiger partial charge in [-0.3, -0.25) is 4.21 Å². The van der Waals surface area contributed by atoms with E-state index in [1.54, 1.807) is 12.1 Å². The number of rotatable bonds is 6. The molecule has 0 amide bonds. The summed E-state index contributed by atoms with van der Waals surface area (Å²) in [4.78, 5) is 0. The Kier molecular flexibility index (Phi) is 5.63. The minimum Gasteiger partial charge on any atom is -0.489 e. The van der Waals surface area contributed by atoms with Crippen molar-refractivity contribution >= 4 is 10.8 Å². The summed E-state index contributed by atoms with van der Waals surface area (Å²) >= 11 is 0. The molecular formula is C19H21FO3S. The van der Waals surface area contributed by atoms with Crippen molar-refractivity contribution in [3.8, 4) is 5.75 Å². The fraction of sp³-hybridized carbons (Fsp3) is 0.368. The van der Waals surface area contributed by atoms with Crippen molar-refractivity contribution < 1.29 is 18.1 Å². The molecule has 2 aromatic rings. The molecule has 0 N–H and O–H groups in total. The lowest BCUT2D eigenvalue weighted by molar-refractivity contribution is 0.127. The second-order valence-electron chi connectivity index (χ2n) is 5.99. The van der Waals surface area contributed by atoms with Crippen molar-refractivity contribution in [1.82, 2.24) is 0 Å². The van der Waals surface area contributed by atoms with Crippen LogP contribution in [0.25, 0.3) is 0 Å². The highest BCUT2D eigenvalue weighted by atomic mass is 32.2. The average molecular weight is 348 g/mol. The number of hydrogen-bond donors (Lipinski definition) is 0. The predicted molar refractivity (Wildman–Crippen MR) is 92.8 cm³/mol. The molecule has 3 nitrogen and oxygen atoms in total. The Bertz CT molecular complexity index is 685. The second kappa shape index (κ2) is 7.90. The van der Waals surface area contributed by atoms with Gasteiger partial charge in [0, 0.05) is 23.2 Å². The third-order valence-corrected chi connectivity index (χ3v) is 6.11. The Balaban J connectivity index is 1.53. The fourth-order valence-corrected chi connectivity index (χ4v) is 4.36. The molecule has 1 heterocycles. The molecular weight excluding hydrogens is 327 g/mol. The molecule has 1 aliphatic heterocycles. The van der Waals surface area contributed by atoms with Gasteiger partial charge < -0.3 is 9.47 Å². The molecule has 0 bridgehead atoms. The van der Waals surface area contributed by atoms with Crippen LogP contribution in [0, 0.1) is 5.82 Å². The molecule has 1 saturated heterocycles. The topological polar surface area (TPSA) is 35.5 Å². The minimum atomic E-state index is -0.920. The van der Waals surface area contributed by atoms with Gasteiger partial charge in [-0.05, 0) is 48.7 Å². The monoisotopic (exact) mass is 348 g/mol. The molecule has 1 aliphatic rings. The summed E-state index contributed by atoms with van der Waals surface area (Å²) in [5.41, 5.74) is 1.94. The lowest BCUT2D eigenvalue weighted by atomic mass is 10.2. The van der Waals surface area contributed by atoms with Gasteiger partial charge in [0.2, 0.25) is 0 Å². The quantitative estimate of drug-likeness (QED) is 0.796. The van der Waals surface area contributed by atoms with Crippen molar-refractivity contribution in [3.05, 3.63) is 65.5 Å². The molecule has 128 valence electrons. The van der Waals surface area contributed by atoms with Crippen LogP contribution >= 0.6 is 0 Å². The molecule has 0 spiro atoms. The SMILES string of the molecule is C[C@@H]1OCC[C@@H]1[S@](=O)Cc1ccc(OCc2ccc(F)cc2)cc1. The summed E-state index contributed by atoms with van der Waals surface area (Å²) < 4.78 is 36.5. The summed E-state index contributed by atoms with van der Waals surface area (Å²) in [5, 5.41) is 0.124. The molecule has 1 fully saturated rings. The van der Waals surface area contributed by atoms with Crippen LogP contribution in [0.5, 0.6) is 5.75 Å². The zero-order chi connectivity index (χ0) is 16.9. The molecule has 24 heavy (non-hydrogen) atoms. The van der Waals surface area contributed by atoms with E-state index in [-0.39, 0.29) is 17.2 Å². The predicted octanol–water partition coefficient (Wildman–Crippen LogP) is 3.83. The van der Waals surface area contributed by atoms with E-state index < -0.39 is 10.8 Å². The van der Waals surface area contributed by atoms with Crippen molar-refractivity contribution in [3.63, 3.8) is 0 Å². The zero-order valence-corrected chi connectivity index (χ0v) is 14.4. The molecule has 0 unspecified atom stereocenters. The van der Waals surface area contributed by atoms with Crippen molar-refractivity contribution in [2.75, 3.05) is 6.61 Å². The van der Waals surface area contributed by atoms with E-state index >= 15 is 0 Å². The van der Waals surface area contributed by atoms with Gasteiger partial charge in [-0.25, -0.2) is 4.39 Å². The normalized spacial score (nSPS) is 21.6. The number of halogens is 1. The molecule has 0 radical (unpaired) electrons. The standard InChI is InChI=1S/C19H21FO3S/c1-14-19(10-11-22-14)24(21)13-16-4-8-18(9-5-16)23-12-15-2-6-17(20)7-3-15/h2-9,14,19H,10-13H2,1H3/t14-,19-,24+/m0/s1. The van der Waals surface area contributed by atoms with E-state index in [4.69, 9.17) is 9.47 Å². The smallest absolute Gasteiger partial charge is 0.123 e. The first-order valence-corrected chi connectivity index (χ1v) is 9.45. The Hall–Kier alpha value is -1.72. The third kappa shape index (κ3) is 4.42. The summed E-state index contributed by atoms with van der Waals surface area (Å²) in [5.74, 6) is 1.03. The lowest BCUT2D eigenvalue weighted by Crippen LogP contribution is -2.24. The van der Waals surface area contributed by atoms with Gasteiger partial charge >= 0.3 is 0 Å². The highest BCUT2D eigenvalue weighted by Gasteiger charge is 2.29. The van der Waals surface area contributed by atoms with Crippen LogP contribution in [0.15, 0.2) is 48.5 Å². The average Bonchev–Trinajstić information content (AvgIpc) is 3.02. The van der Waals surface area contributed by atoms with E-state index in [1.807, 2.05) is 31.2 Å². The van der Waals surface area contributed by atoms with Gasteiger partial charge in [-0.15, -0.1) is 0 Å². The van der Waals surface area contributed by atoms with Crippen molar-refractivity contribution in [2.45, 2.75) is 37.1 Å². The van der Waals surface area contributed by atoms with Crippen LogP contribution in [0.4, 0.5) is 4.39 Å². The van der Waals surface area contributed by atoms with E-state index in [9.17, 15) is 8.60 Å². The molecule has 0 aliphatic carbocycles. The highest BCUT2D eigenvalue weighted by molar-refractivity contribution is 7.84. The molecule has 0 aromatic heterocycles. The maximum atomic E-state index is 12.9. The summed E-state index contributed by atoms with van der Waals surface area (Å²) in [6.07, 6.45) is 0.941. The van der Waals surface area contributed by atoms with Crippen LogP contribution in [0.2, 0.25) is 0 Å². The zero-order valence-electron chi connectivity index (χ0n) is 13.6. The van der Waals surface area contributed by atoms with Crippen LogP contribution in [0.1, 0.15) is 24.5 Å². The van der Waals surface area contributed by atoms with Gasteiger partial charge in [0.15, 0.2) is 0 Å². The second-order valence-corrected chi connectivity index (χ2v) is 7.64. The molecule has 3 rings (SSSR count). The molecule has 0 saturated carbocycles. The lowest BCUT2D eigenvalue weighted by Gasteiger charge is -2.14. The van der Waals surface area contributed by atoms with Gasteiger partial charge in [0.1, 0.15) is 18.2 Å². The molecule has 3 atom stereocenters. The summed E-state index contributed by atoms with van der Waals surface area (Å²) in [6.45, 7) is 3.08. The van der Waals surface area contributed by atoms with Crippen LogP contribution in [-0.2, 0) is 27.9 Å². The number of hydrogen-bond acceptors (Lipinski definition) is 3. The Morgan fingerprint density at radius 2 is 1.79 bits per heavy atom. The first-order valence-electron chi connectivity index (χ1n) is 8.07. The first kappa shape index (κ1) is 17.1. The Morgan fingerprint density at radius 1 is 1.12 bits per heavy atom.